The van der Waals surface area contributed by atoms with E-state index in [-0.39, 0.29) is 6.04 Å². The standard InChI is InChI=1S/C11H14N2/c1-8(12)11-7-9-5-3-4-6-10(9)13(11)2/h3-8H,12H2,1-2H3/t8-/m0/s1. The van der Waals surface area contributed by atoms with E-state index < -0.39 is 0 Å². The molecule has 2 nitrogen and oxygen atoms in total. The lowest BCUT2D eigenvalue weighted by Crippen LogP contribution is -2.09. The summed E-state index contributed by atoms with van der Waals surface area (Å²) in [6, 6.07) is 10.6. The molecule has 0 aliphatic rings. The molecular formula is C11H14N2. The maximum absolute atomic E-state index is 5.86. The molecule has 1 aromatic carbocycles. The zero-order valence-electron chi connectivity index (χ0n) is 7.99. The molecule has 0 saturated carbocycles. The third kappa shape index (κ3) is 1.23. The quantitative estimate of drug-likeness (QED) is 0.706. The van der Waals surface area contributed by atoms with Crippen LogP contribution in [-0.2, 0) is 7.05 Å². The molecule has 0 amide bonds. The summed E-state index contributed by atoms with van der Waals surface area (Å²) in [5, 5.41) is 1.26. The molecule has 2 N–H and O–H groups in total. The fourth-order valence-electron chi connectivity index (χ4n) is 1.75. The minimum atomic E-state index is 0.0948. The van der Waals surface area contributed by atoms with Crippen molar-refractivity contribution in [2.45, 2.75) is 13.0 Å². The highest BCUT2D eigenvalue weighted by atomic mass is 15.0. The fraction of sp³-hybridized carbons (Fsp3) is 0.273. The van der Waals surface area contributed by atoms with Gasteiger partial charge in [-0.25, -0.2) is 0 Å². The molecule has 0 bridgehead atoms. The van der Waals surface area contributed by atoms with Gasteiger partial charge in [0.1, 0.15) is 0 Å². The molecule has 2 heteroatoms. The van der Waals surface area contributed by atoms with Crippen LogP contribution in [-0.4, -0.2) is 4.57 Å². The Morgan fingerprint density at radius 3 is 2.62 bits per heavy atom. The first-order chi connectivity index (χ1) is 6.20. The van der Waals surface area contributed by atoms with Gasteiger partial charge in [-0.05, 0) is 24.4 Å². The van der Waals surface area contributed by atoms with Crippen molar-refractivity contribution in [2.24, 2.45) is 12.8 Å². The van der Waals surface area contributed by atoms with Gasteiger partial charge in [0.15, 0.2) is 0 Å². The van der Waals surface area contributed by atoms with Gasteiger partial charge in [0, 0.05) is 24.3 Å². The van der Waals surface area contributed by atoms with E-state index in [9.17, 15) is 0 Å². The zero-order chi connectivity index (χ0) is 9.42. The molecule has 1 heterocycles. The summed E-state index contributed by atoms with van der Waals surface area (Å²) >= 11 is 0. The summed E-state index contributed by atoms with van der Waals surface area (Å²) in [6.07, 6.45) is 0. The molecule has 0 aliphatic carbocycles. The van der Waals surface area contributed by atoms with Crippen LogP contribution >= 0.6 is 0 Å². The second-order valence-electron chi connectivity index (χ2n) is 3.48. The van der Waals surface area contributed by atoms with Crippen LogP contribution in [0.25, 0.3) is 10.9 Å². The van der Waals surface area contributed by atoms with Crippen molar-refractivity contribution in [3.63, 3.8) is 0 Å². The van der Waals surface area contributed by atoms with Gasteiger partial charge >= 0.3 is 0 Å². The summed E-state index contributed by atoms with van der Waals surface area (Å²) in [6.45, 7) is 2.01. The SMILES string of the molecule is C[C@H](N)c1cc2ccccc2n1C. The van der Waals surface area contributed by atoms with E-state index in [1.54, 1.807) is 0 Å². The van der Waals surface area contributed by atoms with Gasteiger partial charge in [-0.2, -0.15) is 0 Å². The topological polar surface area (TPSA) is 30.9 Å². The fourth-order valence-corrected chi connectivity index (χ4v) is 1.75. The smallest absolute Gasteiger partial charge is 0.0480 e. The van der Waals surface area contributed by atoms with Crippen molar-refractivity contribution in [3.8, 4) is 0 Å². The van der Waals surface area contributed by atoms with Gasteiger partial charge in [0.05, 0.1) is 0 Å². The van der Waals surface area contributed by atoms with Gasteiger partial charge < -0.3 is 10.3 Å². The van der Waals surface area contributed by atoms with Crippen LogP contribution in [0.3, 0.4) is 0 Å². The van der Waals surface area contributed by atoms with Crippen LogP contribution in [0.1, 0.15) is 18.7 Å². The molecular weight excluding hydrogens is 160 g/mol. The van der Waals surface area contributed by atoms with Crippen molar-refractivity contribution in [2.75, 3.05) is 0 Å². The molecule has 2 rings (SSSR count). The van der Waals surface area contributed by atoms with Crippen molar-refractivity contribution in [1.29, 1.82) is 0 Å². The first-order valence-corrected chi connectivity index (χ1v) is 4.50. The maximum Gasteiger partial charge on any atom is 0.0480 e. The average Bonchev–Trinajstić information content (AvgIpc) is 2.45. The minimum Gasteiger partial charge on any atom is -0.346 e. The van der Waals surface area contributed by atoms with Crippen molar-refractivity contribution in [1.82, 2.24) is 4.57 Å². The monoisotopic (exact) mass is 174 g/mol. The summed E-state index contributed by atoms with van der Waals surface area (Å²) in [5.41, 5.74) is 8.28. The van der Waals surface area contributed by atoms with Crippen molar-refractivity contribution in [3.05, 3.63) is 36.0 Å². The molecule has 0 fully saturated rings. The molecule has 2 aromatic rings. The second-order valence-corrected chi connectivity index (χ2v) is 3.48. The van der Waals surface area contributed by atoms with Gasteiger partial charge in [0.25, 0.3) is 0 Å². The molecule has 0 radical (unpaired) electrons. The van der Waals surface area contributed by atoms with E-state index in [4.69, 9.17) is 5.73 Å². The third-order valence-corrected chi connectivity index (χ3v) is 2.46. The molecule has 0 spiro atoms. The number of hydrogen-bond donors (Lipinski definition) is 1. The molecule has 1 aromatic heterocycles. The third-order valence-electron chi connectivity index (χ3n) is 2.46. The molecule has 13 heavy (non-hydrogen) atoms. The lowest BCUT2D eigenvalue weighted by Gasteiger charge is -2.06. The second kappa shape index (κ2) is 2.89. The summed E-state index contributed by atoms with van der Waals surface area (Å²) in [5.74, 6) is 0. The Balaban J connectivity index is 2.74. The molecule has 0 saturated heterocycles. The minimum absolute atomic E-state index is 0.0948. The summed E-state index contributed by atoms with van der Waals surface area (Å²) in [4.78, 5) is 0. The summed E-state index contributed by atoms with van der Waals surface area (Å²) < 4.78 is 2.15. The number of rotatable bonds is 1. The van der Waals surface area contributed by atoms with E-state index >= 15 is 0 Å². The van der Waals surface area contributed by atoms with E-state index in [1.165, 1.54) is 16.6 Å². The highest BCUT2D eigenvalue weighted by Gasteiger charge is 2.07. The molecule has 1 atom stereocenters. The van der Waals surface area contributed by atoms with Gasteiger partial charge in [-0.15, -0.1) is 0 Å². The van der Waals surface area contributed by atoms with E-state index in [2.05, 4.69) is 29.8 Å². The van der Waals surface area contributed by atoms with Gasteiger partial charge in [-0.3, -0.25) is 0 Å². The normalized spacial score (nSPS) is 13.5. The highest BCUT2D eigenvalue weighted by molar-refractivity contribution is 5.81. The van der Waals surface area contributed by atoms with E-state index in [0.717, 1.165) is 0 Å². The number of benzene rings is 1. The number of para-hydroxylation sites is 1. The number of aromatic nitrogens is 1. The first kappa shape index (κ1) is 8.32. The van der Waals surface area contributed by atoms with E-state index in [1.807, 2.05) is 19.1 Å². The Morgan fingerprint density at radius 2 is 2.00 bits per heavy atom. The molecule has 0 aliphatic heterocycles. The molecule has 68 valence electrons. The van der Waals surface area contributed by atoms with Gasteiger partial charge in [0.2, 0.25) is 0 Å². The number of hydrogen-bond acceptors (Lipinski definition) is 1. The van der Waals surface area contributed by atoms with Crippen LogP contribution in [0.15, 0.2) is 30.3 Å². The Kier molecular flexibility index (Phi) is 1.85. The number of aryl methyl sites for hydroxylation is 1. The van der Waals surface area contributed by atoms with Crippen molar-refractivity contribution < 1.29 is 0 Å². The predicted molar refractivity (Wildman–Crippen MR) is 55.5 cm³/mol. The van der Waals surface area contributed by atoms with Crippen LogP contribution in [0, 0.1) is 0 Å². The number of nitrogens with two attached hydrogens (primary N) is 1. The van der Waals surface area contributed by atoms with Crippen LogP contribution < -0.4 is 5.73 Å². The first-order valence-electron chi connectivity index (χ1n) is 4.50. The predicted octanol–water partition coefficient (Wildman–Crippen LogP) is 2.20. The summed E-state index contributed by atoms with van der Waals surface area (Å²) in [7, 11) is 2.06. The van der Waals surface area contributed by atoms with E-state index in [0.29, 0.717) is 0 Å². The number of nitrogens with zero attached hydrogens (tertiary/aromatic N) is 1. The van der Waals surface area contributed by atoms with Crippen molar-refractivity contribution >= 4 is 10.9 Å². The Morgan fingerprint density at radius 1 is 1.31 bits per heavy atom. The maximum atomic E-state index is 5.86. The average molecular weight is 174 g/mol. The van der Waals surface area contributed by atoms with Crippen LogP contribution in [0.2, 0.25) is 0 Å². The van der Waals surface area contributed by atoms with Crippen LogP contribution in [0.4, 0.5) is 0 Å². The Bertz CT molecular complexity index is 427. The lowest BCUT2D eigenvalue weighted by molar-refractivity contribution is 0.726. The largest absolute Gasteiger partial charge is 0.346 e. The lowest BCUT2D eigenvalue weighted by atomic mass is 10.2. The molecule has 0 unspecified atom stereocenters. The zero-order valence-corrected chi connectivity index (χ0v) is 7.99. The van der Waals surface area contributed by atoms with Crippen LogP contribution in [0.5, 0.6) is 0 Å². The van der Waals surface area contributed by atoms with Gasteiger partial charge in [-0.1, -0.05) is 18.2 Å². The highest BCUT2D eigenvalue weighted by Crippen LogP contribution is 2.21. The Labute approximate surface area is 78.0 Å². The Hall–Kier alpha value is -1.28. The number of fused-ring (bicyclic) bond motifs is 1.